The van der Waals surface area contributed by atoms with E-state index in [2.05, 4.69) is 20.8 Å². The third-order valence-corrected chi connectivity index (χ3v) is 3.56. The summed E-state index contributed by atoms with van der Waals surface area (Å²) in [6.07, 6.45) is 0.230. The Morgan fingerprint density at radius 1 is 1.44 bits per heavy atom. The van der Waals surface area contributed by atoms with Crippen LogP contribution in [0.5, 0.6) is 0 Å². The number of benzene rings is 1. The van der Waals surface area contributed by atoms with Gasteiger partial charge in [0.15, 0.2) is 0 Å². The molecule has 1 saturated heterocycles. The van der Waals surface area contributed by atoms with Crippen molar-refractivity contribution in [2.45, 2.75) is 12.5 Å². The molecule has 98 valence electrons. The summed E-state index contributed by atoms with van der Waals surface area (Å²) in [5.74, 6) is -0.748. The number of hydrogen-bond acceptors (Lipinski definition) is 3. The van der Waals surface area contributed by atoms with Crippen molar-refractivity contribution in [1.82, 2.24) is 4.90 Å². The van der Waals surface area contributed by atoms with E-state index in [1.807, 2.05) is 24.3 Å². The minimum Gasteiger partial charge on any atom is -0.481 e. The maximum absolute atomic E-state index is 10.6. The molecule has 1 heterocycles. The number of carboxylic acid groups (broad SMARTS) is 1. The first-order valence-electron chi connectivity index (χ1n) is 5.96. The summed E-state index contributed by atoms with van der Waals surface area (Å²) in [6.45, 7) is 2.81. The zero-order valence-corrected chi connectivity index (χ0v) is 11.6. The zero-order chi connectivity index (χ0) is 13.0. The van der Waals surface area contributed by atoms with Crippen molar-refractivity contribution < 1.29 is 14.6 Å². The van der Waals surface area contributed by atoms with Gasteiger partial charge >= 0.3 is 5.97 Å². The molecule has 0 aromatic heterocycles. The van der Waals surface area contributed by atoms with Gasteiger partial charge in [0.25, 0.3) is 0 Å². The normalized spacial score (nSPS) is 20.8. The molecule has 0 saturated carbocycles. The SMILES string of the molecule is O=C(O)CCN1CCO[C@@H](c2ccc(Br)cc2)C1. The average molecular weight is 314 g/mol. The van der Waals surface area contributed by atoms with Gasteiger partial charge < -0.3 is 9.84 Å². The second kappa shape index (κ2) is 6.31. The maximum atomic E-state index is 10.6. The molecule has 1 aromatic carbocycles. The fourth-order valence-corrected chi connectivity index (χ4v) is 2.30. The van der Waals surface area contributed by atoms with Gasteiger partial charge in [-0.3, -0.25) is 9.69 Å². The van der Waals surface area contributed by atoms with Crippen molar-refractivity contribution in [1.29, 1.82) is 0 Å². The number of carboxylic acids is 1. The molecule has 0 amide bonds. The summed E-state index contributed by atoms with van der Waals surface area (Å²) >= 11 is 3.41. The highest BCUT2D eigenvalue weighted by molar-refractivity contribution is 9.10. The molecule has 0 radical (unpaired) electrons. The Hall–Kier alpha value is -0.910. The van der Waals surface area contributed by atoms with Gasteiger partial charge in [0.2, 0.25) is 0 Å². The monoisotopic (exact) mass is 313 g/mol. The highest BCUT2D eigenvalue weighted by Crippen LogP contribution is 2.23. The first kappa shape index (κ1) is 13.5. The largest absolute Gasteiger partial charge is 0.481 e. The van der Waals surface area contributed by atoms with Gasteiger partial charge in [0.1, 0.15) is 0 Å². The third-order valence-electron chi connectivity index (χ3n) is 3.03. The van der Waals surface area contributed by atoms with Gasteiger partial charge in [-0.1, -0.05) is 28.1 Å². The number of halogens is 1. The molecule has 0 spiro atoms. The summed E-state index contributed by atoms with van der Waals surface area (Å²) in [5, 5.41) is 8.69. The molecule has 0 bridgehead atoms. The summed E-state index contributed by atoms with van der Waals surface area (Å²) in [5.41, 5.74) is 1.14. The highest BCUT2D eigenvalue weighted by Gasteiger charge is 2.22. The van der Waals surface area contributed by atoms with Gasteiger partial charge in [-0.2, -0.15) is 0 Å². The van der Waals surface area contributed by atoms with E-state index in [9.17, 15) is 4.79 Å². The van der Waals surface area contributed by atoms with Crippen LogP contribution >= 0.6 is 15.9 Å². The fraction of sp³-hybridized carbons (Fsp3) is 0.462. The summed E-state index contributed by atoms with van der Waals surface area (Å²) in [4.78, 5) is 12.7. The lowest BCUT2D eigenvalue weighted by molar-refractivity contribution is -0.137. The van der Waals surface area contributed by atoms with Crippen LogP contribution in [0.15, 0.2) is 28.7 Å². The molecule has 1 aliphatic heterocycles. The molecule has 1 atom stereocenters. The van der Waals surface area contributed by atoms with E-state index >= 15 is 0 Å². The maximum Gasteiger partial charge on any atom is 0.304 e. The molecule has 5 heteroatoms. The molecule has 2 rings (SSSR count). The molecule has 1 fully saturated rings. The number of aliphatic carboxylic acids is 1. The average Bonchev–Trinajstić information content (AvgIpc) is 2.37. The fourth-order valence-electron chi connectivity index (χ4n) is 2.04. The molecule has 18 heavy (non-hydrogen) atoms. The van der Waals surface area contributed by atoms with Crippen molar-refractivity contribution in [2.24, 2.45) is 0 Å². The van der Waals surface area contributed by atoms with Crippen LogP contribution in [0.25, 0.3) is 0 Å². The topological polar surface area (TPSA) is 49.8 Å². The predicted octanol–water partition coefficient (Wildman–Crippen LogP) is 2.30. The van der Waals surface area contributed by atoms with Crippen molar-refractivity contribution >= 4 is 21.9 Å². The second-order valence-electron chi connectivity index (χ2n) is 4.36. The Morgan fingerprint density at radius 3 is 2.83 bits per heavy atom. The van der Waals surface area contributed by atoms with Gasteiger partial charge in [0, 0.05) is 24.1 Å². The lowest BCUT2D eigenvalue weighted by atomic mass is 10.1. The zero-order valence-electron chi connectivity index (χ0n) is 10.0. The summed E-state index contributed by atoms with van der Waals surface area (Å²) in [6, 6.07) is 8.06. The van der Waals surface area contributed by atoms with Crippen LogP contribution in [-0.4, -0.2) is 42.2 Å². The van der Waals surface area contributed by atoms with E-state index < -0.39 is 5.97 Å². The van der Waals surface area contributed by atoms with Crippen LogP contribution in [-0.2, 0) is 9.53 Å². The minimum absolute atomic E-state index is 0.0423. The number of nitrogens with zero attached hydrogens (tertiary/aromatic N) is 1. The van der Waals surface area contributed by atoms with Crippen molar-refractivity contribution in [3.05, 3.63) is 34.3 Å². The molecule has 4 nitrogen and oxygen atoms in total. The molecule has 1 aromatic rings. The highest BCUT2D eigenvalue weighted by atomic mass is 79.9. The Morgan fingerprint density at radius 2 is 2.17 bits per heavy atom. The number of ether oxygens (including phenoxy) is 1. The lowest BCUT2D eigenvalue weighted by Gasteiger charge is -2.32. The first-order chi connectivity index (χ1) is 8.65. The van der Waals surface area contributed by atoms with Crippen LogP contribution in [0.3, 0.4) is 0 Å². The van der Waals surface area contributed by atoms with Crippen molar-refractivity contribution in [3.8, 4) is 0 Å². The Balaban J connectivity index is 1.93. The van der Waals surface area contributed by atoms with Gasteiger partial charge in [-0.15, -0.1) is 0 Å². The lowest BCUT2D eigenvalue weighted by Crippen LogP contribution is -2.39. The Bertz CT molecular complexity index is 407. The van der Waals surface area contributed by atoms with E-state index in [0.717, 1.165) is 23.1 Å². The van der Waals surface area contributed by atoms with Crippen LogP contribution in [0.2, 0.25) is 0 Å². The van der Waals surface area contributed by atoms with Gasteiger partial charge in [-0.05, 0) is 17.7 Å². The van der Waals surface area contributed by atoms with E-state index in [0.29, 0.717) is 13.2 Å². The molecule has 0 unspecified atom stereocenters. The van der Waals surface area contributed by atoms with Crippen LogP contribution in [0.1, 0.15) is 18.1 Å². The van der Waals surface area contributed by atoms with Gasteiger partial charge in [-0.25, -0.2) is 0 Å². The van der Waals surface area contributed by atoms with E-state index in [1.165, 1.54) is 0 Å². The molecular weight excluding hydrogens is 298 g/mol. The first-order valence-corrected chi connectivity index (χ1v) is 6.75. The Kier molecular flexibility index (Phi) is 4.74. The number of carbonyl (C=O) groups is 1. The van der Waals surface area contributed by atoms with E-state index in [4.69, 9.17) is 9.84 Å². The summed E-state index contributed by atoms with van der Waals surface area (Å²) in [7, 11) is 0. The molecule has 1 N–H and O–H groups in total. The smallest absolute Gasteiger partial charge is 0.304 e. The predicted molar refractivity (Wildman–Crippen MR) is 71.5 cm³/mol. The Labute approximate surface area is 115 Å². The van der Waals surface area contributed by atoms with Crippen molar-refractivity contribution in [3.63, 3.8) is 0 Å². The third kappa shape index (κ3) is 3.80. The van der Waals surface area contributed by atoms with Crippen LogP contribution in [0, 0.1) is 0 Å². The number of morpholine rings is 1. The molecule has 0 aliphatic carbocycles. The van der Waals surface area contributed by atoms with Crippen molar-refractivity contribution in [2.75, 3.05) is 26.2 Å². The minimum atomic E-state index is -0.748. The second-order valence-corrected chi connectivity index (χ2v) is 5.27. The molecule has 1 aliphatic rings. The van der Waals surface area contributed by atoms with Crippen LogP contribution < -0.4 is 0 Å². The number of hydrogen-bond donors (Lipinski definition) is 1. The molecular formula is C13H16BrNO3. The van der Waals surface area contributed by atoms with E-state index in [1.54, 1.807) is 0 Å². The number of rotatable bonds is 4. The van der Waals surface area contributed by atoms with Crippen LogP contribution in [0.4, 0.5) is 0 Å². The summed E-state index contributed by atoms with van der Waals surface area (Å²) < 4.78 is 6.78. The standard InChI is InChI=1S/C13H16BrNO3/c14-11-3-1-10(2-4-11)12-9-15(7-8-18-12)6-5-13(16)17/h1-4,12H,5-9H2,(H,16,17)/t12-/m1/s1. The quantitative estimate of drug-likeness (QED) is 0.926. The van der Waals surface area contributed by atoms with E-state index in [-0.39, 0.29) is 12.5 Å². The van der Waals surface area contributed by atoms with Gasteiger partial charge in [0.05, 0.1) is 19.1 Å².